The highest BCUT2D eigenvalue weighted by molar-refractivity contribution is 5.94. The van der Waals surface area contributed by atoms with Crippen LogP contribution in [0.5, 0.6) is 0 Å². The zero-order valence-corrected chi connectivity index (χ0v) is 9.28. The number of aromatic nitrogens is 2. The van der Waals surface area contributed by atoms with Gasteiger partial charge in [-0.1, -0.05) is 13.3 Å². The Morgan fingerprint density at radius 1 is 1.62 bits per heavy atom. The summed E-state index contributed by atoms with van der Waals surface area (Å²) in [7, 11) is 0. The Kier molecular flexibility index (Phi) is 4.04. The molecule has 6 nitrogen and oxygen atoms in total. The molecular weight excluding hydrogens is 210 g/mol. The van der Waals surface area contributed by atoms with E-state index in [1.54, 1.807) is 6.07 Å². The molecule has 0 unspecified atom stereocenters. The number of aryl methyl sites for hydroxylation is 1. The van der Waals surface area contributed by atoms with Gasteiger partial charge < -0.3 is 10.4 Å². The molecule has 0 bridgehead atoms. The molecule has 1 aromatic rings. The Balaban J connectivity index is 2.62. The number of carboxylic acid groups (broad SMARTS) is 1. The molecule has 6 heteroatoms. The van der Waals surface area contributed by atoms with Gasteiger partial charge in [-0.2, -0.15) is 5.10 Å². The maximum Gasteiger partial charge on any atom is 0.325 e. The summed E-state index contributed by atoms with van der Waals surface area (Å²) in [5.41, 5.74) is 1.09. The highest BCUT2D eigenvalue weighted by Gasteiger charge is 2.17. The first kappa shape index (κ1) is 12.2. The van der Waals surface area contributed by atoms with E-state index in [1.807, 2.05) is 6.92 Å². The summed E-state index contributed by atoms with van der Waals surface area (Å²) in [6.07, 6.45) is 1.77. The molecule has 1 rings (SSSR count). The lowest BCUT2D eigenvalue weighted by Crippen LogP contribution is -2.38. The van der Waals surface area contributed by atoms with Crippen molar-refractivity contribution in [3.63, 3.8) is 0 Å². The van der Waals surface area contributed by atoms with Crippen LogP contribution in [0.25, 0.3) is 0 Å². The third-order valence-electron chi connectivity index (χ3n) is 2.10. The molecule has 0 aliphatic rings. The Labute approximate surface area is 93.1 Å². The number of hydrogen-bond donors (Lipinski definition) is 3. The second-order valence-corrected chi connectivity index (χ2v) is 3.56. The number of H-pyrrole nitrogens is 1. The van der Waals surface area contributed by atoms with E-state index in [0.29, 0.717) is 0 Å². The SMILES string of the molecule is CCCc1cc(C(=O)N[C@H](C)C(=O)O)n[nH]1. The largest absolute Gasteiger partial charge is 0.480 e. The van der Waals surface area contributed by atoms with Gasteiger partial charge in [0, 0.05) is 5.69 Å². The normalized spacial score (nSPS) is 12.1. The number of nitrogens with zero attached hydrogens (tertiary/aromatic N) is 1. The molecular formula is C10H15N3O3. The van der Waals surface area contributed by atoms with Crippen molar-refractivity contribution < 1.29 is 14.7 Å². The lowest BCUT2D eigenvalue weighted by molar-refractivity contribution is -0.138. The number of aliphatic carboxylic acids is 1. The van der Waals surface area contributed by atoms with Crippen molar-refractivity contribution in [2.45, 2.75) is 32.7 Å². The van der Waals surface area contributed by atoms with Gasteiger partial charge in [-0.3, -0.25) is 14.7 Å². The van der Waals surface area contributed by atoms with Gasteiger partial charge in [0.2, 0.25) is 0 Å². The van der Waals surface area contributed by atoms with Gasteiger partial charge in [0.1, 0.15) is 11.7 Å². The van der Waals surface area contributed by atoms with Gasteiger partial charge in [0.25, 0.3) is 5.91 Å². The van der Waals surface area contributed by atoms with Crippen LogP contribution in [0.1, 0.15) is 36.5 Å². The lowest BCUT2D eigenvalue weighted by atomic mass is 10.2. The number of aromatic amines is 1. The Hall–Kier alpha value is -1.85. The molecule has 1 heterocycles. The van der Waals surface area contributed by atoms with E-state index in [1.165, 1.54) is 6.92 Å². The molecule has 1 atom stereocenters. The summed E-state index contributed by atoms with van der Waals surface area (Å²) in [5.74, 6) is -1.55. The van der Waals surface area contributed by atoms with Gasteiger partial charge in [-0.25, -0.2) is 0 Å². The molecule has 1 aromatic heterocycles. The number of amides is 1. The first-order valence-electron chi connectivity index (χ1n) is 5.12. The molecule has 16 heavy (non-hydrogen) atoms. The van der Waals surface area contributed by atoms with Crippen molar-refractivity contribution in [3.05, 3.63) is 17.5 Å². The number of carboxylic acids is 1. The molecule has 0 fully saturated rings. The number of carbonyl (C=O) groups is 2. The van der Waals surface area contributed by atoms with Gasteiger partial charge in [-0.15, -0.1) is 0 Å². The molecule has 0 aliphatic carbocycles. The van der Waals surface area contributed by atoms with Crippen LogP contribution in [0.4, 0.5) is 0 Å². The number of hydrogen-bond acceptors (Lipinski definition) is 3. The van der Waals surface area contributed by atoms with E-state index in [-0.39, 0.29) is 5.69 Å². The fourth-order valence-corrected chi connectivity index (χ4v) is 1.21. The molecule has 0 radical (unpaired) electrons. The summed E-state index contributed by atoms with van der Waals surface area (Å²) in [4.78, 5) is 22.1. The minimum atomic E-state index is -1.07. The van der Waals surface area contributed by atoms with Crippen LogP contribution in [0.3, 0.4) is 0 Å². The standard InChI is InChI=1S/C10H15N3O3/c1-3-4-7-5-8(13-12-7)9(14)11-6(2)10(15)16/h5-6H,3-4H2,1-2H3,(H,11,14)(H,12,13)(H,15,16)/t6-/m1/s1. The Morgan fingerprint density at radius 3 is 2.88 bits per heavy atom. The number of nitrogens with one attached hydrogen (secondary N) is 2. The zero-order chi connectivity index (χ0) is 12.1. The van der Waals surface area contributed by atoms with Gasteiger partial charge in [-0.05, 0) is 19.4 Å². The van der Waals surface area contributed by atoms with E-state index in [4.69, 9.17) is 5.11 Å². The second-order valence-electron chi connectivity index (χ2n) is 3.56. The molecule has 1 amide bonds. The van der Waals surface area contributed by atoms with Gasteiger partial charge in [0.15, 0.2) is 0 Å². The van der Waals surface area contributed by atoms with Crippen molar-refractivity contribution in [1.29, 1.82) is 0 Å². The lowest BCUT2D eigenvalue weighted by Gasteiger charge is -2.06. The smallest absolute Gasteiger partial charge is 0.325 e. The fraction of sp³-hybridized carbons (Fsp3) is 0.500. The molecule has 3 N–H and O–H groups in total. The van der Waals surface area contributed by atoms with Crippen molar-refractivity contribution in [1.82, 2.24) is 15.5 Å². The third kappa shape index (κ3) is 3.08. The van der Waals surface area contributed by atoms with Crippen LogP contribution in [-0.4, -0.2) is 33.2 Å². The first-order valence-corrected chi connectivity index (χ1v) is 5.12. The Bertz CT molecular complexity index is 386. The molecule has 0 spiro atoms. The van der Waals surface area contributed by atoms with Crippen LogP contribution >= 0.6 is 0 Å². The second kappa shape index (κ2) is 5.29. The van der Waals surface area contributed by atoms with Crippen LogP contribution in [0.2, 0.25) is 0 Å². The van der Waals surface area contributed by atoms with Crippen LogP contribution in [0, 0.1) is 0 Å². The maximum atomic E-state index is 11.5. The Morgan fingerprint density at radius 2 is 2.31 bits per heavy atom. The van der Waals surface area contributed by atoms with E-state index >= 15 is 0 Å². The molecule has 0 saturated heterocycles. The van der Waals surface area contributed by atoms with Crippen molar-refractivity contribution in [3.8, 4) is 0 Å². The highest BCUT2D eigenvalue weighted by atomic mass is 16.4. The minimum Gasteiger partial charge on any atom is -0.480 e. The predicted octanol–water partition coefficient (Wildman–Crippen LogP) is 0.565. The topological polar surface area (TPSA) is 95.1 Å². The van der Waals surface area contributed by atoms with Crippen molar-refractivity contribution in [2.75, 3.05) is 0 Å². The summed E-state index contributed by atoms with van der Waals surface area (Å²) in [6, 6.07) is 0.715. The van der Waals surface area contributed by atoms with Crippen molar-refractivity contribution >= 4 is 11.9 Å². The third-order valence-corrected chi connectivity index (χ3v) is 2.10. The van der Waals surface area contributed by atoms with Crippen LogP contribution in [-0.2, 0) is 11.2 Å². The minimum absolute atomic E-state index is 0.219. The van der Waals surface area contributed by atoms with Crippen molar-refractivity contribution in [2.24, 2.45) is 0 Å². The average Bonchev–Trinajstić information content (AvgIpc) is 2.66. The molecule has 88 valence electrons. The van der Waals surface area contributed by atoms with E-state index < -0.39 is 17.9 Å². The summed E-state index contributed by atoms with van der Waals surface area (Å²) in [6.45, 7) is 3.42. The molecule has 0 aliphatic heterocycles. The van der Waals surface area contributed by atoms with Gasteiger partial charge >= 0.3 is 5.97 Å². The van der Waals surface area contributed by atoms with Crippen LogP contribution < -0.4 is 5.32 Å². The quantitative estimate of drug-likeness (QED) is 0.682. The monoisotopic (exact) mass is 225 g/mol. The number of carbonyl (C=O) groups excluding carboxylic acids is 1. The summed E-state index contributed by atoms with van der Waals surface area (Å²) < 4.78 is 0. The summed E-state index contributed by atoms with van der Waals surface area (Å²) in [5, 5.41) is 17.5. The highest BCUT2D eigenvalue weighted by Crippen LogP contribution is 2.02. The predicted molar refractivity (Wildman–Crippen MR) is 57.1 cm³/mol. The van der Waals surface area contributed by atoms with Gasteiger partial charge in [0.05, 0.1) is 0 Å². The van der Waals surface area contributed by atoms with E-state index in [0.717, 1.165) is 18.5 Å². The van der Waals surface area contributed by atoms with Crippen LogP contribution in [0.15, 0.2) is 6.07 Å². The van der Waals surface area contributed by atoms with E-state index in [2.05, 4.69) is 15.5 Å². The fourth-order valence-electron chi connectivity index (χ4n) is 1.21. The van der Waals surface area contributed by atoms with E-state index in [9.17, 15) is 9.59 Å². The summed E-state index contributed by atoms with van der Waals surface area (Å²) >= 11 is 0. The maximum absolute atomic E-state index is 11.5. The zero-order valence-electron chi connectivity index (χ0n) is 9.28. The molecule has 0 saturated carbocycles. The average molecular weight is 225 g/mol. The molecule has 0 aromatic carbocycles. The number of rotatable bonds is 5. The first-order chi connectivity index (χ1) is 7.54.